The number of allylic oxidation sites excluding steroid dienone is 2. The first kappa shape index (κ1) is 18.3. The van der Waals surface area contributed by atoms with Gasteiger partial charge in [-0.2, -0.15) is 9.97 Å². The second-order valence-electron chi connectivity index (χ2n) is 4.82. The lowest BCUT2D eigenvalue weighted by molar-refractivity contribution is 0.245. The van der Waals surface area contributed by atoms with E-state index in [-0.39, 0.29) is 34.1 Å². The van der Waals surface area contributed by atoms with Crippen LogP contribution in [0, 0.1) is 0 Å². The van der Waals surface area contributed by atoms with Crippen molar-refractivity contribution < 1.29 is 22.7 Å². The highest BCUT2D eigenvalue weighted by Crippen LogP contribution is 2.30. The Hall–Kier alpha value is -2.07. The van der Waals surface area contributed by atoms with Crippen LogP contribution in [0.4, 0.5) is 4.79 Å². The van der Waals surface area contributed by atoms with Crippen molar-refractivity contribution in [3.63, 3.8) is 0 Å². The van der Waals surface area contributed by atoms with Crippen molar-refractivity contribution in [1.29, 1.82) is 0 Å². The van der Waals surface area contributed by atoms with Crippen LogP contribution >= 0.6 is 11.6 Å². The van der Waals surface area contributed by atoms with Gasteiger partial charge in [-0.3, -0.25) is 0 Å². The van der Waals surface area contributed by atoms with Gasteiger partial charge in [-0.25, -0.2) is 17.9 Å². The number of ether oxygens (including phenoxy) is 2. The molecule has 132 valence electrons. The number of hydrogen-bond donors (Lipinski definition) is 2. The number of halogens is 1. The number of carbonyl (C=O) groups excluding carboxylic acids is 1. The van der Waals surface area contributed by atoms with E-state index in [1.807, 2.05) is 4.72 Å². The summed E-state index contributed by atoms with van der Waals surface area (Å²) in [5, 5.41) is 2.47. The first-order valence-corrected chi connectivity index (χ1v) is 8.87. The molecule has 2 rings (SSSR count). The summed E-state index contributed by atoms with van der Waals surface area (Å²) in [6.45, 7) is -0.135. The standard InChI is InChI=1S/C13H17ClN4O5S/c1-22-11-10(14)12(23-2)17-9(16-11)7-15-13(19)18-24(20,21)8-5-3-4-6-8/h5H,3-4,6-7H2,1-2H3,(H2,15,18,19). The van der Waals surface area contributed by atoms with Crippen molar-refractivity contribution in [2.24, 2.45) is 0 Å². The molecule has 0 aliphatic heterocycles. The summed E-state index contributed by atoms with van der Waals surface area (Å²) in [6, 6.07) is -0.876. The maximum atomic E-state index is 12.0. The number of rotatable bonds is 6. The molecule has 9 nitrogen and oxygen atoms in total. The molecule has 1 aliphatic rings. The second kappa shape index (κ2) is 7.67. The Balaban J connectivity index is 2.01. The van der Waals surface area contributed by atoms with Crippen molar-refractivity contribution in [3.8, 4) is 11.8 Å². The zero-order chi connectivity index (χ0) is 17.7. The minimum Gasteiger partial charge on any atom is -0.480 e. The summed E-state index contributed by atoms with van der Waals surface area (Å²) in [5.41, 5.74) is 0. The monoisotopic (exact) mass is 376 g/mol. The topological polar surface area (TPSA) is 120 Å². The zero-order valence-corrected chi connectivity index (χ0v) is 14.7. The fourth-order valence-corrected chi connectivity index (χ4v) is 3.50. The van der Waals surface area contributed by atoms with Crippen LogP contribution in [0.5, 0.6) is 11.8 Å². The quantitative estimate of drug-likeness (QED) is 0.768. The summed E-state index contributed by atoms with van der Waals surface area (Å²) < 4.78 is 35.9. The molecule has 0 bridgehead atoms. The number of carbonyl (C=O) groups is 1. The summed E-state index contributed by atoms with van der Waals surface area (Å²) >= 11 is 5.94. The maximum Gasteiger partial charge on any atom is 0.329 e. The largest absolute Gasteiger partial charge is 0.480 e. The third kappa shape index (κ3) is 4.26. The van der Waals surface area contributed by atoms with Crippen molar-refractivity contribution in [2.45, 2.75) is 25.8 Å². The van der Waals surface area contributed by atoms with Gasteiger partial charge in [-0.05, 0) is 19.3 Å². The molecule has 0 radical (unpaired) electrons. The van der Waals surface area contributed by atoms with Gasteiger partial charge in [0.1, 0.15) is 0 Å². The van der Waals surface area contributed by atoms with Crippen LogP contribution < -0.4 is 19.5 Å². The number of hydrogen-bond acceptors (Lipinski definition) is 7. The summed E-state index contributed by atoms with van der Waals surface area (Å²) in [4.78, 5) is 20.0. The first-order valence-electron chi connectivity index (χ1n) is 7.01. The van der Waals surface area contributed by atoms with Crippen LogP contribution in [0.3, 0.4) is 0 Å². The highest BCUT2D eigenvalue weighted by atomic mass is 35.5. The molecule has 11 heteroatoms. The lowest BCUT2D eigenvalue weighted by atomic mass is 10.4. The average Bonchev–Trinajstić information content (AvgIpc) is 3.08. The molecule has 24 heavy (non-hydrogen) atoms. The minimum absolute atomic E-state index is 0.0875. The van der Waals surface area contributed by atoms with Gasteiger partial charge in [0.2, 0.25) is 11.8 Å². The van der Waals surface area contributed by atoms with Crippen molar-refractivity contribution >= 4 is 27.7 Å². The molecule has 0 unspecified atom stereocenters. The van der Waals surface area contributed by atoms with Crippen LogP contribution in [0.25, 0.3) is 0 Å². The van der Waals surface area contributed by atoms with Gasteiger partial charge in [0.05, 0.1) is 25.7 Å². The number of urea groups is 1. The molecule has 2 amide bonds. The fourth-order valence-electron chi connectivity index (χ4n) is 2.07. The van der Waals surface area contributed by atoms with Gasteiger partial charge in [-0.15, -0.1) is 0 Å². The van der Waals surface area contributed by atoms with Crippen LogP contribution in [0.15, 0.2) is 11.0 Å². The van der Waals surface area contributed by atoms with E-state index in [4.69, 9.17) is 21.1 Å². The summed E-state index contributed by atoms with van der Waals surface area (Å²) in [7, 11) is -1.06. The number of methoxy groups -OCH3 is 2. The SMILES string of the molecule is COc1nc(CNC(=O)NS(=O)(=O)C2=CCCC2)nc(OC)c1Cl. The number of aromatic nitrogens is 2. The van der Waals surface area contributed by atoms with Crippen molar-refractivity contribution in [3.05, 3.63) is 21.8 Å². The molecular weight excluding hydrogens is 360 g/mol. The molecule has 0 atom stereocenters. The van der Waals surface area contributed by atoms with Gasteiger partial charge in [0.25, 0.3) is 10.0 Å². The molecule has 0 spiro atoms. The van der Waals surface area contributed by atoms with E-state index in [1.54, 1.807) is 6.08 Å². The van der Waals surface area contributed by atoms with Crippen molar-refractivity contribution in [2.75, 3.05) is 14.2 Å². The lowest BCUT2D eigenvalue weighted by Gasteiger charge is -2.11. The second-order valence-corrected chi connectivity index (χ2v) is 6.94. The Morgan fingerprint density at radius 1 is 1.29 bits per heavy atom. The Kier molecular flexibility index (Phi) is 5.84. The first-order chi connectivity index (χ1) is 11.4. The van der Waals surface area contributed by atoms with Crippen molar-refractivity contribution in [1.82, 2.24) is 20.0 Å². The van der Waals surface area contributed by atoms with E-state index in [9.17, 15) is 13.2 Å². The zero-order valence-electron chi connectivity index (χ0n) is 13.1. The van der Waals surface area contributed by atoms with E-state index in [2.05, 4.69) is 15.3 Å². The number of nitrogens with one attached hydrogen (secondary N) is 2. The Bertz CT molecular complexity index is 741. The lowest BCUT2D eigenvalue weighted by Crippen LogP contribution is -2.39. The van der Waals surface area contributed by atoms with Crippen LogP contribution in [-0.4, -0.2) is 38.6 Å². The van der Waals surface area contributed by atoms with Gasteiger partial charge in [-0.1, -0.05) is 17.7 Å². The van der Waals surface area contributed by atoms with Gasteiger partial charge >= 0.3 is 6.03 Å². The molecule has 1 aromatic rings. The van der Waals surface area contributed by atoms with E-state index in [0.29, 0.717) is 12.8 Å². The Labute approximate surface area is 144 Å². The predicted octanol–water partition coefficient (Wildman–Crippen LogP) is 1.34. The molecular formula is C13H17ClN4O5S. The van der Waals surface area contributed by atoms with E-state index >= 15 is 0 Å². The molecule has 1 aromatic heterocycles. The Morgan fingerprint density at radius 2 is 1.92 bits per heavy atom. The number of nitrogens with zero attached hydrogens (tertiary/aromatic N) is 2. The molecule has 0 saturated carbocycles. The highest BCUT2D eigenvalue weighted by molar-refractivity contribution is 7.93. The predicted molar refractivity (Wildman–Crippen MR) is 86.4 cm³/mol. The van der Waals surface area contributed by atoms with Crippen LogP contribution in [0.1, 0.15) is 25.1 Å². The number of sulfonamides is 1. The Morgan fingerprint density at radius 3 is 2.42 bits per heavy atom. The van der Waals surface area contributed by atoms with E-state index < -0.39 is 16.1 Å². The summed E-state index contributed by atoms with van der Waals surface area (Å²) in [6.07, 6.45) is 3.48. The van der Waals surface area contributed by atoms with Gasteiger partial charge < -0.3 is 14.8 Å². The smallest absolute Gasteiger partial charge is 0.329 e. The summed E-state index contributed by atoms with van der Waals surface area (Å²) in [5.74, 6) is 0.328. The third-order valence-electron chi connectivity index (χ3n) is 3.20. The van der Waals surface area contributed by atoms with E-state index in [0.717, 1.165) is 6.42 Å². The van der Waals surface area contributed by atoms with Gasteiger partial charge in [0, 0.05) is 0 Å². The maximum absolute atomic E-state index is 12.0. The molecule has 0 fully saturated rings. The van der Waals surface area contributed by atoms with Crippen LogP contribution in [0.2, 0.25) is 5.02 Å². The van der Waals surface area contributed by atoms with Crippen LogP contribution in [-0.2, 0) is 16.6 Å². The normalized spacial score (nSPS) is 14.0. The molecule has 2 N–H and O–H groups in total. The average molecular weight is 377 g/mol. The van der Waals surface area contributed by atoms with E-state index in [1.165, 1.54) is 14.2 Å². The fraction of sp³-hybridized carbons (Fsp3) is 0.462. The minimum atomic E-state index is -3.81. The van der Waals surface area contributed by atoms with Gasteiger partial charge in [0.15, 0.2) is 10.8 Å². The third-order valence-corrected chi connectivity index (χ3v) is 5.04. The molecule has 0 aromatic carbocycles. The molecule has 0 saturated heterocycles. The highest BCUT2D eigenvalue weighted by Gasteiger charge is 2.22. The molecule has 1 heterocycles. The number of amides is 2. The molecule has 1 aliphatic carbocycles.